The van der Waals surface area contributed by atoms with Crippen molar-refractivity contribution in [1.82, 2.24) is 24.8 Å². The van der Waals surface area contributed by atoms with E-state index < -0.39 is 17.6 Å². The molecule has 170 valence electrons. The average Bonchev–Trinajstić information content (AvgIpc) is 3.48. The molecule has 5 atom stereocenters. The number of anilines is 1. The van der Waals surface area contributed by atoms with Crippen molar-refractivity contribution in [2.75, 3.05) is 12.3 Å². The molecule has 1 aromatic carbocycles. The molecule has 2 fully saturated rings. The Morgan fingerprint density at radius 2 is 2.03 bits per heavy atom. The smallest absolute Gasteiger partial charge is 0.145 e. The van der Waals surface area contributed by atoms with Gasteiger partial charge in [-0.1, -0.05) is 23.7 Å². The average molecular weight is 530 g/mol. The van der Waals surface area contributed by atoms with Crippen molar-refractivity contribution in [2.24, 2.45) is 5.41 Å². The zero-order chi connectivity index (χ0) is 22.9. The Hall–Kier alpha value is -2.30. The van der Waals surface area contributed by atoms with Crippen molar-refractivity contribution in [2.45, 2.75) is 37.1 Å². The van der Waals surface area contributed by atoms with Crippen LogP contribution < -0.4 is 11.1 Å². The number of halogens is 2. The van der Waals surface area contributed by atoms with Gasteiger partial charge in [0.1, 0.15) is 29.0 Å². The first-order valence-corrected chi connectivity index (χ1v) is 12.0. The van der Waals surface area contributed by atoms with E-state index in [0.29, 0.717) is 36.0 Å². The molecule has 1 aliphatic heterocycles. The minimum Gasteiger partial charge on any atom is -0.390 e. The Labute approximate surface area is 202 Å². The summed E-state index contributed by atoms with van der Waals surface area (Å²) < 4.78 is 2.68. The highest BCUT2D eigenvalue weighted by Crippen LogP contribution is 2.52. The predicted molar refractivity (Wildman–Crippen MR) is 130 cm³/mol. The van der Waals surface area contributed by atoms with Crippen molar-refractivity contribution in [1.29, 1.82) is 0 Å². The minimum absolute atomic E-state index is 0.0404. The molecule has 4 heterocycles. The maximum atomic E-state index is 11.2. The van der Waals surface area contributed by atoms with Crippen molar-refractivity contribution in [3.8, 4) is 0 Å². The molecule has 3 aromatic heterocycles. The zero-order valence-corrected chi connectivity index (χ0v) is 19.8. The standard InChI is InChI=1S/C23H22BrClN6O2/c24-14-5-11-1-2-12(6-15(11)30-20(14)25)16-7-23(9-27-16)8-17(18(32)19(23)33)31-4-3-13-21(26)28-10-29-22(13)31/h1-6,10,16-19,27,32-33H,7-9H2,(H2,26,28,29)/t16-,17+,18-,19-,23-/m0/s1. The molecular formula is C23H22BrClN6O2. The van der Waals surface area contributed by atoms with Crippen LogP contribution in [0.5, 0.6) is 0 Å². The summed E-state index contributed by atoms with van der Waals surface area (Å²) in [7, 11) is 0. The van der Waals surface area contributed by atoms with E-state index in [1.165, 1.54) is 6.33 Å². The number of aliphatic hydroxyl groups is 2. The van der Waals surface area contributed by atoms with E-state index >= 15 is 0 Å². The molecule has 1 saturated heterocycles. The fraction of sp³-hybridized carbons (Fsp3) is 0.348. The van der Waals surface area contributed by atoms with Crippen LogP contribution in [0.3, 0.4) is 0 Å². The van der Waals surface area contributed by atoms with Gasteiger partial charge in [0.25, 0.3) is 0 Å². The van der Waals surface area contributed by atoms with Crippen LogP contribution in [0, 0.1) is 5.41 Å². The Balaban J connectivity index is 1.30. The third-order valence-corrected chi connectivity index (χ3v) is 8.44. The number of hydrogen-bond acceptors (Lipinski definition) is 7. The van der Waals surface area contributed by atoms with E-state index in [1.54, 1.807) is 0 Å². The summed E-state index contributed by atoms with van der Waals surface area (Å²) in [6, 6.07) is 9.70. The molecule has 0 radical (unpaired) electrons. The molecule has 10 heteroatoms. The highest BCUT2D eigenvalue weighted by atomic mass is 79.9. The molecule has 0 amide bonds. The summed E-state index contributed by atoms with van der Waals surface area (Å²) in [4.78, 5) is 12.9. The van der Waals surface area contributed by atoms with Gasteiger partial charge in [0.15, 0.2) is 0 Å². The molecule has 8 nitrogen and oxygen atoms in total. The molecule has 0 bridgehead atoms. The van der Waals surface area contributed by atoms with E-state index in [-0.39, 0.29) is 12.1 Å². The molecule has 6 rings (SSSR count). The number of aliphatic hydroxyl groups excluding tert-OH is 2. The van der Waals surface area contributed by atoms with Crippen LogP contribution in [0.1, 0.15) is 30.5 Å². The molecule has 33 heavy (non-hydrogen) atoms. The second kappa shape index (κ2) is 7.61. The molecular weight excluding hydrogens is 508 g/mol. The van der Waals surface area contributed by atoms with E-state index in [1.807, 2.05) is 35.0 Å². The first-order valence-electron chi connectivity index (χ1n) is 10.8. The number of nitrogens with one attached hydrogen (secondary N) is 1. The lowest BCUT2D eigenvalue weighted by atomic mass is 9.80. The van der Waals surface area contributed by atoms with Gasteiger partial charge in [-0.05, 0) is 52.5 Å². The third-order valence-electron chi connectivity index (χ3n) is 7.32. The van der Waals surface area contributed by atoms with Crippen LogP contribution in [0.25, 0.3) is 21.9 Å². The molecule has 0 unspecified atom stereocenters. The van der Waals surface area contributed by atoms with Gasteiger partial charge in [-0.25, -0.2) is 15.0 Å². The monoisotopic (exact) mass is 528 g/mol. The van der Waals surface area contributed by atoms with Gasteiger partial charge >= 0.3 is 0 Å². The molecule has 1 spiro atoms. The fourth-order valence-electron chi connectivity index (χ4n) is 5.60. The van der Waals surface area contributed by atoms with Gasteiger partial charge in [0, 0.05) is 29.6 Å². The minimum atomic E-state index is -0.910. The summed E-state index contributed by atoms with van der Waals surface area (Å²) >= 11 is 9.62. The van der Waals surface area contributed by atoms with Crippen LogP contribution in [-0.2, 0) is 0 Å². The summed E-state index contributed by atoms with van der Waals surface area (Å²) in [5.74, 6) is 0.404. The van der Waals surface area contributed by atoms with Gasteiger partial charge in [-0.2, -0.15) is 0 Å². The van der Waals surface area contributed by atoms with Gasteiger partial charge in [-0.15, -0.1) is 0 Å². The Kier molecular flexibility index (Phi) is 4.90. The van der Waals surface area contributed by atoms with Crippen molar-refractivity contribution < 1.29 is 10.2 Å². The van der Waals surface area contributed by atoms with Crippen LogP contribution >= 0.6 is 27.5 Å². The van der Waals surface area contributed by atoms with Crippen molar-refractivity contribution in [3.63, 3.8) is 0 Å². The number of fused-ring (bicyclic) bond motifs is 2. The molecule has 1 saturated carbocycles. The lowest BCUT2D eigenvalue weighted by Crippen LogP contribution is -2.38. The van der Waals surface area contributed by atoms with Crippen LogP contribution in [0.4, 0.5) is 5.82 Å². The topological polar surface area (TPSA) is 122 Å². The third kappa shape index (κ3) is 3.25. The van der Waals surface area contributed by atoms with E-state index in [9.17, 15) is 10.2 Å². The largest absolute Gasteiger partial charge is 0.390 e. The Bertz CT molecular complexity index is 1400. The summed E-state index contributed by atoms with van der Waals surface area (Å²) in [6.45, 7) is 0.606. The number of nitrogens with zero attached hydrogens (tertiary/aromatic N) is 4. The quantitative estimate of drug-likeness (QED) is 0.294. The second-order valence-corrected chi connectivity index (χ2v) is 10.4. The number of nitrogens with two attached hydrogens (primary N) is 1. The van der Waals surface area contributed by atoms with Crippen LogP contribution in [0.2, 0.25) is 5.15 Å². The van der Waals surface area contributed by atoms with E-state index in [4.69, 9.17) is 17.3 Å². The lowest BCUT2D eigenvalue weighted by molar-refractivity contribution is -0.0218. The van der Waals surface area contributed by atoms with Gasteiger partial charge in [-0.3, -0.25) is 0 Å². The molecule has 4 aromatic rings. The van der Waals surface area contributed by atoms with Crippen molar-refractivity contribution >= 4 is 55.3 Å². The zero-order valence-electron chi connectivity index (χ0n) is 17.5. The Morgan fingerprint density at radius 1 is 1.18 bits per heavy atom. The highest BCUT2D eigenvalue weighted by molar-refractivity contribution is 9.10. The first kappa shape index (κ1) is 21.2. The summed E-state index contributed by atoms with van der Waals surface area (Å²) in [5.41, 5.74) is 8.11. The van der Waals surface area contributed by atoms with Gasteiger partial charge in [0.05, 0.1) is 27.5 Å². The lowest BCUT2D eigenvalue weighted by Gasteiger charge is -2.27. The van der Waals surface area contributed by atoms with Gasteiger partial charge in [0.2, 0.25) is 0 Å². The maximum absolute atomic E-state index is 11.2. The number of nitrogen functional groups attached to an aromatic ring is 1. The summed E-state index contributed by atoms with van der Waals surface area (Å²) in [5, 5.41) is 27.9. The second-order valence-electron chi connectivity index (χ2n) is 9.14. The molecule has 5 N–H and O–H groups in total. The van der Waals surface area contributed by atoms with Crippen molar-refractivity contribution in [3.05, 3.63) is 58.0 Å². The number of rotatable bonds is 2. The Morgan fingerprint density at radius 3 is 2.88 bits per heavy atom. The van der Waals surface area contributed by atoms with E-state index in [0.717, 1.165) is 26.3 Å². The SMILES string of the molecule is Nc1ncnc2c1ccn2[C@@H]1C[C@@]2(CN[C@H](c3ccc4cc(Br)c(Cl)nc4c3)C2)[C@@H](O)[C@H]1O. The van der Waals surface area contributed by atoms with Crippen LogP contribution in [0.15, 0.2) is 47.3 Å². The number of benzene rings is 1. The molecule has 2 aliphatic rings. The predicted octanol–water partition coefficient (Wildman–Crippen LogP) is 3.37. The van der Waals surface area contributed by atoms with Crippen LogP contribution in [-0.4, -0.2) is 48.5 Å². The normalized spacial score (nSPS) is 29.6. The number of aromatic nitrogens is 4. The summed E-state index contributed by atoms with van der Waals surface area (Å²) in [6.07, 6.45) is 2.84. The van der Waals surface area contributed by atoms with E-state index in [2.05, 4.69) is 42.3 Å². The molecule has 1 aliphatic carbocycles. The van der Waals surface area contributed by atoms with Gasteiger partial charge < -0.3 is 25.8 Å². The fourth-order valence-corrected chi connectivity index (χ4v) is 6.08. The number of pyridine rings is 1. The first-order chi connectivity index (χ1) is 15.9. The highest BCUT2D eigenvalue weighted by Gasteiger charge is 2.56. The maximum Gasteiger partial charge on any atom is 0.145 e. The number of hydrogen-bond donors (Lipinski definition) is 4.